The highest BCUT2D eigenvalue weighted by Crippen LogP contribution is 2.17. The third-order valence-electron chi connectivity index (χ3n) is 2.88. The zero-order chi connectivity index (χ0) is 16.8. The minimum atomic E-state index is -0.768. The number of benzene rings is 2. The van der Waals surface area contributed by atoms with Crippen molar-refractivity contribution in [2.75, 3.05) is 0 Å². The number of hydrogen-bond acceptors (Lipinski definition) is 3. The normalized spacial score (nSPS) is 11.4. The molecule has 2 rings (SSSR count). The summed E-state index contributed by atoms with van der Waals surface area (Å²) in [4.78, 5) is 23.8. The van der Waals surface area contributed by atoms with Crippen molar-refractivity contribution in [3.63, 3.8) is 0 Å². The summed E-state index contributed by atoms with van der Waals surface area (Å²) in [5.41, 5.74) is 4.98. The number of halogens is 2. The second-order valence-corrected chi connectivity index (χ2v) is 6.02. The smallest absolute Gasteiger partial charge is 0.279 e. The van der Waals surface area contributed by atoms with E-state index in [2.05, 4.69) is 26.8 Å². The lowest BCUT2D eigenvalue weighted by molar-refractivity contribution is -0.128. The van der Waals surface area contributed by atoms with Gasteiger partial charge in [0.15, 0.2) is 6.10 Å². The van der Waals surface area contributed by atoms with Crippen LogP contribution < -0.4 is 15.6 Å². The van der Waals surface area contributed by atoms with Gasteiger partial charge in [-0.15, -0.1) is 0 Å². The van der Waals surface area contributed by atoms with Crippen molar-refractivity contribution in [3.8, 4) is 5.75 Å². The molecular weight excluding hydrogens is 384 g/mol. The van der Waals surface area contributed by atoms with Gasteiger partial charge in [0.1, 0.15) is 5.75 Å². The molecule has 23 heavy (non-hydrogen) atoms. The van der Waals surface area contributed by atoms with Crippen LogP contribution in [0.1, 0.15) is 17.3 Å². The van der Waals surface area contributed by atoms with Gasteiger partial charge >= 0.3 is 0 Å². The minimum Gasteiger partial charge on any atom is -0.481 e. The highest BCUT2D eigenvalue weighted by atomic mass is 79.9. The Bertz CT molecular complexity index is 707. The Hall–Kier alpha value is -2.05. The zero-order valence-corrected chi connectivity index (χ0v) is 14.5. The van der Waals surface area contributed by atoms with Gasteiger partial charge in [-0.1, -0.05) is 33.6 Å². The number of hydrogen-bond donors (Lipinski definition) is 2. The lowest BCUT2D eigenvalue weighted by atomic mass is 10.2. The maximum Gasteiger partial charge on any atom is 0.279 e. The van der Waals surface area contributed by atoms with E-state index < -0.39 is 17.9 Å². The largest absolute Gasteiger partial charge is 0.481 e. The molecule has 0 radical (unpaired) electrons. The van der Waals surface area contributed by atoms with Crippen LogP contribution in [0.25, 0.3) is 0 Å². The van der Waals surface area contributed by atoms with Gasteiger partial charge in [-0.05, 0) is 49.4 Å². The third kappa shape index (κ3) is 5.26. The van der Waals surface area contributed by atoms with Gasteiger partial charge in [0, 0.05) is 15.1 Å². The van der Waals surface area contributed by atoms with Crippen molar-refractivity contribution < 1.29 is 14.3 Å². The molecular formula is C16H14BrClN2O3. The van der Waals surface area contributed by atoms with Gasteiger partial charge in [0.05, 0.1) is 0 Å². The Morgan fingerprint density at radius 3 is 2.48 bits per heavy atom. The van der Waals surface area contributed by atoms with Gasteiger partial charge in [-0.2, -0.15) is 0 Å². The summed E-state index contributed by atoms with van der Waals surface area (Å²) in [6.45, 7) is 1.59. The van der Waals surface area contributed by atoms with Crippen molar-refractivity contribution >= 4 is 39.3 Å². The van der Waals surface area contributed by atoms with E-state index in [4.69, 9.17) is 16.3 Å². The molecule has 0 heterocycles. The van der Waals surface area contributed by atoms with Gasteiger partial charge in [0.25, 0.3) is 11.8 Å². The molecule has 2 N–H and O–H groups in total. The molecule has 5 nitrogen and oxygen atoms in total. The summed E-state index contributed by atoms with van der Waals surface area (Å²) in [7, 11) is 0. The van der Waals surface area contributed by atoms with Crippen LogP contribution in [0.15, 0.2) is 53.0 Å². The zero-order valence-electron chi connectivity index (χ0n) is 12.2. The first-order chi connectivity index (χ1) is 11.0. The molecule has 7 heteroatoms. The number of nitrogens with one attached hydrogen (secondary N) is 2. The van der Waals surface area contributed by atoms with Crippen molar-refractivity contribution in [2.24, 2.45) is 0 Å². The summed E-state index contributed by atoms with van der Waals surface area (Å²) in [6.07, 6.45) is -0.768. The third-order valence-corrected chi connectivity index (χ3v) is 3.65. The number of carbonyl (C=O) groups is 2. The lowest BCUT2D eigenvalue weighted by Gasteiger charge is -2.15. The lowest BCUT2D eigenvalue weighted by Crippen LogP contribution is -2.47. The SMILES string of the molecule is C[C@@H](Oc1ccc(Br)cc1)C(=O)NNC(=O)c1cccc(Cl)c1. The molecule has 2 aromatic rings. The summed E-state index contributed by atoms with van der Waals surface area (Å²) in [5.74, 6) is -0.378. The summed E-state index contributed by atoms with van der Waals surface area (Å²) in [6, 6.07) is 13.5. The van der Waals surface area contributed by atoms with Gasteiger partial charge in [-0.3, -0.25) is 20.4 Å². The summed E-state index contributed by atoms with van der Waals surface area (Å²) in [5, 5.41) is 0.441. The van der Waals surface area contributed by atoms with Crippen molar-refractivity contribution in [1.82, 2.24) is 10.9 Å². The Balaban J connectivity index is 1.86. The maximum absolute atomic E-state index is 11.9. The molecule has 2 amide bonds. The van der Waals surface area contributed by atoms with E-state index in [9.17, 15) is 9.59 Å². The molecule has 2 aromatic carbocycles. The summed E-state index contributed by atoms with van der Waals surface area (Å²) < 4.78 is 6.40. The first kappa shape index (κ1) is 17.3. The topological polar surface area (TPSA) is 67.4 Å². The van der Waals surface area contributed by atoms with E-state index in [-0.39, 0.29) is 0 Å². The maximum atomic E-state index is 11.9. The average molecular weight is 398 g/mol. The van der Waals surface area contributed by atoms with Crippen LogP contribution in [-0.4, -0.2) is 17.9 Å². The van der Waals surface area contributed by atoms with E-state index in [1.807, 2.05) is 0 Å². The second kappa shape index (κ2) is 7.99. The van der Waals surface area contributed by atoms with Crippen LogP contribution in [0, 0.1) is 0 Å². The molecule has 0 bridgehead atoms. The number of carbonyl (C=O) groups excluding carboxylic acids is 2. The molecule has 0 unspecified atom stereocenters. The fourth-order valence-corrected chi connectivity index (χ4v) is 2.15. The van der Waals surface area contributed by atoms with Crippen LogP contribution in [0.5, 0.6) is 5.75 Å². The van der Waals surface area contributed by atoms with Gasteiger partial charge in [-0.25, -0.2) is 0 Å². The molecule has 0 aromatic heterocycles. The fraction of sp³-hybridized carbons (Fsp3) is 0.125. The molecule has 0 aliphatic heterocycles. The van der Waals surface area contributed by atoms with E-state index in [0.717, 1.165) is 4.47 Å². The average Bonchev–Trinajstić information content (AvgIpc) is 2.54. The van der Waals surface area contributed by atoms with E-state index in [1.165, 1.54) is 6.07 Å². The quantitative estimate of drug-likeness (QED) is 0.778. The molecule has 0 aliphatic rings. The molecule has 0 spiro atoms. The highest BCUT2D eigenvalue weighted by Gasteiger charge is 2.16. The second-order valence-electron chi connectivity index (χ2n) is 4.67. The Kier molecular flexibility index (Phi) is 6.01. The van der Waals surface area contributed by atoms with E-state index in [1.54, 1.807) is 49.4 Å². The van der Waals surface area contributed by atoms with Crippen LogP contribution >= 0.6 is 27.5 Å². The summed E-state index contributed by atoms with van der Waals surface area (Å²) >= 11 is 9.13. The Morgan fingerprint density at radius 1 is 1.13 bits per heavy atom. The van der Waals surface area contributed by atoms with Gasteiger partial charge < -0.3 is 4.74 Å². The first-order valence-corrected chi connectivity index (χ1v) is 7.91. The van der Waals surface area contributed by atoms with Crippen LogP contribution in [-0.2, 0) is 4.79 Å². The van der Waals surface area contributed by atoms with Crippen LogP contribution in [0.3, 0.4) is 0 Å². The molecule has 0 fully saturated rings. The van der Waals surface area contributed by atoms with Crippen molar-refractivity contribution in [2.45, 2.75) is 13.0 Å². The number of amides is 2. The first-order valence-electron chi connectivity index (χ1n) is 6.73. The standard InChI is InChI=1S/C16H14BrClN2O3/c1-10(23-14-7-5-12(17)6-8-14)15(21)19-20-16(22)11-3-2-4-13(18)9-11/h2-10H,1H3,(H,19,21)(H,20,22)/t10-/m1/s1. The van der Waals surface area contributed by atoms with Crippen molar-refractivity contribution in [3.05, 3.63) is 63.6 Å². The predicted octanol–water partition coefficient (Wildman–Crippen LogP) is 3.33. The molecule has 0 aliphatic carbocycles. The molecule has 0 saturated carbocycles. The molecule has 0 saturated heterocycles. The van der Waals surface area contributed by atoms with Gasteiger partial charge in [0.2, 0.25) is 0 Å². The number of ether oxygens (including phenoxy) is 1. The fourth-order valence-electron chi connectivity index (χ4n) is 1.69. The van der Waals surface area contributed by atoms with E-state index >= 15 is 0 Å². The molecule has 1 atom stereocenters. The van der Waals surface area contributed by atoms with Crippen LogP contribution in [0.2, 0.25) is 5.02 Å². The monoisotopic (exact) mass is 396 g/mol. The van der Waals surface area contributed by atoms with Crippen LogP contribution in [0.4, 0.5) is 0 Å². The number of rotatable bonds is 4. The number of hydrazine groups is 1. The molecule has 120 valence electrons. The predicted molar refractivity (Wildman–Crippen MR) is 91.3 cm³/mol. The minimum absolute atomic E-state index is 0.347. The Morgan fingerprint density at radius 2 is 1.83 bits per heavy atom. The van der Waals surface area contributed by atoms with E-state index in [0.29, 0.717) is 16.3 Å². The Labute approximate surface area is 147 Å². The highest BCUT2D eigenvalue weighted by molar-refractivity contribution is 9.10. The van der Waals surface area contributed by atoms with Crippen molar-refractivity contribution in [1.29, 1.82) is 0 Å².